The quantitative estimate of drug-likeness (QED) is 0.493. The number of nitrogens with zero attached hydrogens (tertiary/aromatic N) is 1. The highest BCUT2D eigenvalue weighted by Crippen LogP contribution is 2.19. The molecule has 0 aromatic carbocycles. The number of halogens is 3. The first-order valence-corrected chi connectivity index (χ1v) is 9.05. The highest BCUT2D eigenvalue weighted by Gasteiger charge is 2.38. The smallest absolute Gasteiger partial charge is 0.481 e. The molecule has 30 heavy (non-hydrogen) atoms. The van der Waals surface area contributed by atoms with Crippen LogP contribution in [0.3, 0.4) is 0 Å². The number of carbonyl (C=O) groups is 4. The summed E-state index contributed by atoms with van der Waals surface area (Å²) in [6, 6.07) is 0. The van der Waals surface area contributed by atoms with Crippen LogP contribution in [-0.4, -0.2) is 77.0 Å². The molecule has 2 aliphatic rings. The molecule has 5 N–H and O–H groups in total. The number of alkyl halides is 3. The van der Waals surface area contributed by atoms with E-state index in [1.807, 2.05) is 0 Å². The number of nitrogens with two attached hydrogens (primary N) is 1. The molecular weight excluding hydrogens is 415 g/mol. The van der Waals surface area contributed by atoms with Crippen molar-refractivity contribution >= 4 is 23.9 Å². The summed E-state index contributed by atoms with van der Waals surface area (Å²) in [6.45, 7) is 7.79. The average molecular weight is 443 g/mol. The van der Waals surface area contributed by atoms with Crippen molar-refractivity contribution < 1.29 is 47.3 Å². The highest BCUT2D eigenvalue weighted by molar-refractivity contribution is 5.77. The first-order valence-electron chi connectivity index (χ1n) is 9.05. The summed E-state index contributed by atoms with van der Waals surface area (Å²) in [5, 5.41) is 18.9. The Morgan fingerprint density at radius 3 is 1.87 bits per heavy atom. The Labute approximate surface area is 171 Å². The van der Waals surface area contributed by atoms with E-state index in [9.17, 15) is 27.6 Å². The summed E-state index contributed by atoms with van der Waals surface area (Å²) in [6.07, 6.45) is -4.09. The van der Waals surface area contributed by atoms with Crippen LogP contribution in [0.15, 0.2) is 0 Å². The van der Waals surface area contributed by atoms with E-state index < -0.39 is 35.7 Å². The summed E-state index contributed by atoms with van der Waals surface area (Å²) in [4.78, 5) is 42.9. The molecule has 174 valence electrons. The lowest BCUT2D eigenvalue weighted by Crippen LogP contribution is -2.35. The summed E-state index contributed by atoms with van der Waals surface area (Å²) >= 11 is 0. The van der Waals surface area contributed by atoms with Crippen LogP contribution in [0.4, 0.5) is 18.0 Å². The molecule has 0 aliphatic carbocycles. The van der Waals surface area contributed by atoms with Crippen LogP contribution in [-0.2, 0) is 19.1 Å². The minimum Gasteiger partial charge on any atom is -0.481 e. The van der Waals surface area contributed by atoms with Gasteiger partial charge in [0.05, 0.1) is 11.8 Å². The first-order chi connectivity index (χ1) is 13.5. The molecule has 13 heteroatoms. The largest absolute Gasteiger partial charge is 0.490 e. The summed E-state index contributed by atoms with van der Waals surface area (Å²) in [5.41, 5.74) is 4.49. The number of primary amides is 1. The lowest BCUT2D eigenvalue weighted by molar-refractivity contribution is -0.192. The van der Waals surface area contributed by atoms with Gasteiger partial charge in [0.25, 0.3) is 0 Å². The second kappa shape index (κ2) is 11.6. The molecular formula is C17H28F3N3O7. The predicted octanol–water partition coefficient (Wildman–Crippen LogP) is 1.04. The zero-order chi connectivity index (χ0) is 23.7. The zero-order valence-electron chi connectivity index (χ0n) is 17.0. The molecule has 2 rings (SSSR count). The molecule has 0 unspecified atom stereocenters. The van der Waals surface area contributed by atoms with E-state index in [-0.39, 0.29) is 18.4 Å². The van der Waals surface area contributed by atoms with Crippen molar-refractivity contribution in [3.8, 4) is 0 Å². The molecule has 2 heterocycles. The van der Waals surface area contributed by atoms with Crippen LogP contribution < -0.4 is 11.1 Å². The fourth-order valence-electron chi connectivity index (χ4n) is 2.35. The molecule has 0 aromatic heterocycles. The number of carbonyl (C=O) groups excluding carboxylic acids is 2. The van der Waals surface area contributed by atoms with Crippen LogP contribution in [0.5, 0.6) is 0 Å². The van der Waals surface area contributed by atoms with Crippen LogP contribution in [0.2, 0.25) is 0 Å². The number of ether oxygens (including phenoxy) is 1. The number of carboxylic acids is 2. The van der Waals surface area contributed by atoms with Crippen molar-refractivity contribution in [3.63, 3.8) is 0 Å². The van der Waals surface area contributed by atoms with Crippen molar-refractivity contribution in [1.29, 1.82) is 0 Å². The van der Waals surface area contributed by atoms with E-state index in [1.165, 1.54) is 4.90 Å². The molecule has 0 saturated carbocycles. The Balaban J connectivity index is 0.000000471. The monoisotopic (exact) mass is 443 g/mol. The predicted molar refractivity (Wildman–Crippen MR) is 97.4 cm³/mol. The number of hydrogen-bond donors (Lipinski definition) is 4. The van der Waals surface area contributed by atoms with Gasteiger partial charge in [0, 0.05) is 19.6 Å². The van der Waals surface area contributed by atoms with Crippen LogP contribution in [0.25, 0.3) is 0 Å². The van der Waals surface area contributed by atoms with E-state index in [1.54, 1.807) is 20.8 Å². The molecule has 0 radical (unpaired) electrons. The van der Waals surface area contributed by atoms with E-state index >= 15 is 0 Å². The first kappa shape index (κ1) is 27.4. The lowest BCUT2D eigenvalue weighted by atomic mass is 10.1. The highest BCUT2D eigenvalue weighted by atomic mass is 19.4. The van der Waals surface area contributed by atoms with Gasteiger partial charge < -0.3 is 30.9 Å². The Kier molecular flexibility index (Phi) is 10.6. The van der Waals surface area contributed by atoms with Crippen molar-refractivity contribution in [2.75, 3.05) is 26.2 Å². The van der Waals surface area contributed by atoms with Gasteiger partial charge >= 0.3 is 24.2 Å². The van der Waals surface area contributed by atoms with Crippen molar-refractivity contribution in [3.05, 3.63) is 0 Å². The number of amides is 2. The molecule has 0 spiro atoms. The van der Waals surface area contributed by atoms with Gasteiger partial charge in [0.15, 0.2) is 0 Å². The molecule has 2 amide bonds. The van der Waals surface area contributed by atoms with E-state index in [4.69, 9.17) is 25.5 Å². The Morgan fingerprint density at radius 2 is 1.60 bits per heavy atom. The van der Waals surface area contributed by atoms with Gasteiger partial charge in [-0.2, -0.15) is 13.2 Å². The van der Waals surface area contributed by atoms with Gasteiger partial charge in [-0.05, 0) is 40.2 Å². The number of aliphatic carboxylic acids is 2. The SMILES string of the molecule is CC(C)(C)OC(=O)N1CC[C@@H](C(=O)O)C1.NC(=O)[C@@H]1CCNC1.O=C(O)C(F)(F)F. The third kappa shape index (κ3) is 11.4. The average Bonchev–Trinajstić information content (AvgIpc) is 3.26. The number of nitrogens with one attached hydrogen (secondary N) is 1. The second-order valence-corrected chi connectivity index (χ2v) is 7.65. The van der Waals surface area contributed by atoms with E-state index in [0.717, 1.165) is 19.5 Å². The van der Waals surface area contributed by atoms with Crippen LogP contribution in [0.1, 0.15) is 33.6 Å². The fourth-order valence-corrected chi connectivity index (χ4v) is 2.35. The Bertz CT molecular complexity index is 615. The standard InChI is InChI=1S/C10H17NO4.C5H10N2O.C2HF3O2/c1-10(2,3)15-9(14)11-5-4-7(6-11)8(12)13;6-5(8)4-1-2-7-3-4;3-2(4,5)1(6)7/h7H,4-6H2,1-3H3,(H,12,13);4,7H,1-3H2,(H2,6,8);(H,6,7)/t7-;4-;/m11./s1. The lowest BCUT2D eigenvalue weighted by Gasteiger charge is -2.24. The summed E-state index contributed by atoms with van der Waals surface area (Å²) in [5.74, 6) is -4.13. The molecule has 2 aliphatic heterocycles. The molecule has 0 bridgehead atoms. The maximum absolute atomic E-state index is 11.5. The van der Waals surface area contributed by atoms with Gasteiger partial charge in [-0.1, -0.05) is 0 Å². The van der Waals surface area contributed by atoms with Gasteiger partial charge in [0.2, 0.25) is 5.91 Å². The van der Waals surface area contributed by atoms with Crippen molar-refractivity contribution in [2.45, 2.75) is 45.4 Å². The summed E-state index contributed by atoms with van der Waals surface area (Å²) in [7, 11) is 0. The van der Waals surface area contributed by atoms with E-state index in [0.29, 0.717) is 13.0 Å². The maximum Gasteiger partial charge on any atom is 0.490 e. The van der Waals surface area contributed by atoms with E-state index in [2.05, 4.69) is 5.32 Å². The molecule has 2 saturated heterocycles. The zero-order valence-corrected chi connectivity index (χ0v) is 17.0. The Hall–Kier alpha value is -2.57. The molecule has 10 nitrogen and oxygen atoms in total. The van der Waals surface area contributed by atoms with Crippen molar-refractivity contribution in [2.24, 2.45) is 17.6 Å². The third-order valence-electron chi connectivity index (χ3n) is 3.89. The number of carboxylic acid groups (broad SMARTS) is 2. The third-order valence-corrected chi connectivity index (χ3v) is 3.89. The topological polar surface area (TPSA) is 159 Å². The fraction of sp³-hybridized carbons (Fsp3) is 0.765. The normalized spacial score (nSPS) is 20.9. The molecule has 2 atom stereocenters. The number of likely N-dealkylation sites (tertiary alicyclic amines) is 1. The van der Waals surface area contributed by atoms with Crippen LogP contribution >= 0.6 is 0 Å². The Morgan fingerprint density at radius 1 is 1.07 bits per heavy atom. The van der Waals surface area contributed by atoms with Gasteiger partial charge in [0.1, 0.15) is 5.60 Å². The van der Waals surface area contributed by atoms with Gasteiger partial charge in [-0.3, -0.25) is 9.59 Å². The molecule has 0 aromatic rings. The molecule has 2 fully saturated rings. The summed E-state index contributed by atoms with van der Waals surface area (Å²) < 4.78 is 36.9. The van der Waals surface area contributed by atoms with Gasteiger partial charge in [-0.25, -0.2) is 9.59 Å². The minimum absolute atomic E-state index is 0.0926. The van der Waals surface area contributed by atoms with Crippen LogP contribution in [0, 0.1) is 11.8 Å². The minimum atomic E-state index is -5.08. The van der Waals surface area contributed by atoms with Gasteiger partial charge in [-0.15, -0.1) is 0 Å². The number of rotatable bonds is 2. The second-order valence-electron chi connectivity index (χ2n) is 7.65. The van der Waals surface area contributed by atoms with Crippen molar-refractivity contribution in [1.82, 2.24) is 10.2 Å². The number of hydrogen-bond acceptors (Lipinski definition) is 6. The maximum atomic E-state index is 11.5.